The highest BCUT2D eigenvalue weighted by molar-refractivity contribution is 8.17. The van der Waals surface area contributed by atoms with Crippen LogP contribution >= 0.6 is 23.1 Å². The average Bonchev–Trinajstić information content (AvgIpc) is 3.54. The van der Waals surface area contributed by atoms with Crippen molar-refractivity contribution in [1.82, 2.24) is 4.90 Å². The number of amidine groups is 2. The van der Waals surface area contributed by atoms with Crippen LogP contribution in [0.5, 0.6) is 11.5 Å². The Morgan fingerprint density at radius 2 is 1.91 bits per heavy atom. The van der Waals surface area contributed by atoms with Crippen LogP contribution in [0.3, 0.4) is 0 Å². The molecule has 0 spiro atoms. The third-order valence-corrected chi connectivity index (χ3v) is 6.78. The van der Waals surface area contributed by atoms with Crippen LogP contribution in [0.4, 0.5) is 0 Å². The Balaban J connectivity index is 1.44. The molecule has 9 heteroatoms. The van der Waals surface area contributed by atoms with Crippen LogP contribution in [0.15, 0.2) is 82.0 Å². The average molecular weight is 488 g/mol. The van der Waals surface area contributed by atoms with Gasteiger partial charge in [0.2, 0.25) is 0 Å². The van der Waals surface area contributed by atoms with E-state index in [1.165, 1.54) is 30.2 Å². The number of fused-ring (bicyclic) bond motifs is 1. The van der Waals surface area contributed by atoms with Gasteiger partial charge in [-0.25, -0.2) is 4.79 Å². The van der Waals surface area contributed by atoms with E-state index in [0.717, 1.165) is 11.3 Å². The summed E-state index contributed by atoms with van der Waals surface area (Å²) in [7, 11) is 1.47. The molecule has 1 amide bonds. The van der Waals surface area contributed by atoms with Gasteiger partial charge in [-0.1, -0.05) is 54.2 Å². The second-order valence-electron chi connectivity index (χ2n) is 7.21. The zero-order valence-electron chi connectivity index (χ0n) is 17.8. The Bertz CT molecular complexity index is 1390. The van der Waals surface area contributed by atoms with Crippen molar-refractivity contribution in [2.45, 2.75) is 0 Å². The lowest BCUT2D eigenvalue weighted by Gasteiger charge is -2.27. The van der Waals surface area contributed by atoms with Gasteiger partial charge in [0.1, 0.15) is 10.7 Å². The van der Waals surface area contributed by atoms with Gasteiger partial charge in [-0.15, -0.1) is 11.3 Å². The van der Waals surface area contributed by atoms with E-state index >= 15 is 0 Å². The number of thiophene rings is 1. The molecule has 168 valence electrons. The number of amides is 1. The smallest absolute Gasteiger partial charge is 0.353 e. The van der Waals surface area contributed by atoms with Gasteiger partial charge in [-0.2, -0.15) is 4.99 Å². The minimum atomic E-state index is -0.487. The highest BCUT2D eigenvalue weighted by Crippen LogP contribution is 2.38. The van der Waals surface area contributed by atoms with E-state index in [4.69, 9.17) is 14.9 Å². The molecule has 3 heterocycles. The predicted molar refractivity (Wildman–Crippen MR) is 134 cm³/mol. The molecule has 2 aliphatic heterocycles. The summed E-state index contributed by atoms with van der Waals surface area (Å²) >= 11 is 2.60. The molecule has 0 aliphatic carbocycles. The largest absolute Gasteiger partial charge is 0.493 e. The van der Waals surface area contributed by atoms with E-state index in [1.807, 2.05) is 35.7 Å². The molecule has 0 fully saturated rings. The van der Waals surface area contributed by atoms with Gasteiger partial charge in [0, 0.05) is 5.41 Å². The van der Waals surface area contributed by atoms with Crippen molar-refractivity contribution in [2.24, 2.45) is 4.99 Å². The molecule has 0 radical (unpaired) electrons. The molecule has 0 bridgehead atoms. The number of rotatable bonds is 5. The molecule has 2 aliphatic rings. The molecule has 3 aromatic rings. The van der Waals surface area contributed by atoms with Crippen molar-refractivity contribution in [3.63, 3.8) is 0 Å². The van der Waals surface area contributed by atoms with Gasteiger partial charge < -0.3 is 9.47 Å². The van der Waals surface area contributed by atoms with Crippen molar-refractivity contribution >= 4 is 57.8 Å². The first kappa shape index (κ1) is 21.9. The number of benzene rings is 2. The summed E-state index contributed by atoms with van der Waals surface area (Å²) in [5.41, 5.74) is 2.48. The number of methoxy groups -OCH3 is 1. The Labute approximate surface area is 203 Å². The maximum absolute atomic E-state index is 12.7. The van der Waals surface area contributed by atoms with Crippen LogP contribution in [0.2, 0.25) is 0 Å². The van der Waals surface area contributed by atoms with E-state index in [9.17, 15) is 9.59 Å². The molecule has 1 aromatic heterocycles. The van der Waals surface area contributed by atoms with Gasteiger partial charge in [0.15, 0.2) is 16.7 Å². The Kier molecular flexibility index (Phi) is 5.87. The number of nitrogens with zero attached hydrogens (tertiary/aromatic N) is 2. The number of aliphatic imine (C=N–C) groups is 1. The summed E-state index contributed by atoms with van der Waals surface area (Å²) in [5, 5.41) is 12.9. The van der Waals surface area contributed by atoms with E-state index in [0.29, 0.717) is 21.4 Å². The van der Waals surface area contributed by atoms with Gasteiger partial charge in [0.05, 0.1) is 18.4 Å². The second kappa shape index (κ2) is 9.12. The fourth-order valence-corrected chi connectivity index (χ4v) is 4.97. The number of carbonyl (C=O) groups excluding carboxylic acids is 2. The van der Waals surface area contributed by atoms with Crippen LogP contribution in [0.25, 0.3) is 11.8 Å². The molecule has 34 heavy (non-hydrogen) atoms. The second-order valence-corrected chi connectivity index (χ2v) is 8.99. The fraction of sp³-hybridized carbons (Fsp3) is 0.0400. The lowest BCUT2D eigenvalue weighted by molar-refractivity contribution is -0.114. The Morgan fingerprint density at radius 1 is 1.09 bits per heavy atom. The van der Waals surface area contributed by atoms with Crippen molar-refractivity contribution in [1.29, 1.82) is 5.41 Å². The number of carbonyl (C=O) groups is 2. The highest BCUT2D eigenvalue weighted by Gasteiger charge is 2.36. The number of hydrogen-bond acceptors (Lipinski definition) is 7. The topological polar surface area (TPSA) is 92.1 Å². The van der Waals surface area contributed by atoms with E-state index in [1.54, 1.807) is 46.7 Å². The summed E-state index contributed by atoms with van der Waals surface area (Å²) in [6.07, 6.45) is 1.59. The molecule has 2 aromatic carbocycles. The quantitative estimate of drug-likeness (QED) is 0.299. The maximum atomic E-state index is 12.7. The lowest BCUT2D eigenvalue weighted by Crippen LogP contribution is -2.38. The fourth-order valence-electron chi connectivity index (χ4n) is 3.48. The summed E-state index contributed by atoms with van der Waals surface area (Å²) < 4.78 is 10.9. The molecule has 1 N–H and O–H groups in total. The number of thioether (sulfide) groups is 1. The molecule has 0 unspecified atom stereocenters. The lowest BCUT2D eigenvalue weighted by atomic mass is 10.1. The number of nitrogens with one attached hydrogen (secondary N) is 1. The van der Waals surface area contributed by atoms with Crippen LogP contribution in [0, 0.1) is 5.41 Å². The first-order chi connectivity index (χ1) is 16.5. The highest BCUT2D eigenvalue weighted by atomic mass is 32.2. The van der Waals surface area contributed by atoms with Crippen molar-refractivity contribution in [2.75, 3.05) is 7.11 Å². The molecular formula is C25H17N3O4S2. The van der Waals surface area contributed by atoms with Crippen molar-refractivity contribution in [3.05, 3.63) is 93.0 Å². The summed E-state index contributed by atoms with van der Waals surface area (Å²) in [4.78, 5) is 31.4. The van der Waals surface area contributed by atoms with Crippen LogP contribution in [-0.4, -0.2) is 34.9 Å². The Hall–Kier alpha value is -3.95. The minimum Gasteiger partial charge on any atom is -0.493 e. The third kappa shape index (κ3) is 4.07. The van der Waals surface area contributed by atoms with Crippen molar-refractivity contribution in [3.8, 4) is 11.5 Å². The zero-order valence-corrected chi connectivity index (χ0v) is 19.5. The molecule has 0 saturated carbocycles. The standard InChI is InChI=1S/C25H17N3O4S2/c1-31-20-13-15(9-10-19(20)32-24(30)21-8-5-11-33-21)12-17-22(26)28-18(16-6-3-2-4-7-16)14-34-25(28)27-23(17)29/h2-14,26H,1H3/b17-12-,26-22?. The van der Waals surface area contributed by atoms with E-state index in [-0.39, 0.29) is 17.2 Å². The molecule has 0 saturated heterocycles. The van der Waals surface area contributed by atoms with Crippen molar-refractivity contribution < 1.29 is 19.1 Å². The van der Waals surface area contributed by atoms with Gasteiger partial charge in [0.25, 0.3) is 5.91 Å². The first-order valence-corrected chi connectivity index (χ1v) is 11.9. The summed E-state index contributed by atoms with van der Waals surface area (Å²) in [5.74, 6) is -0.323. The predicted octanol–water partition coefficient (Wildman–Crippen LogP) is 5.28. The molecule has 7 nitrogen and oxygen atoms in total. The molecular weight excluding hydrogens is 470 g/mol. The number of hydrogen-bond donors (Lipinski definition) is 1. The first-order valence-electron chi connectivity index (χ1n) is 10.1. The monoisotopic (exact) mass is 487 g/mol. The van der Waals surface area contributed by atoms with E-state index in [2.05, 4.69) is 4.99 Å². The molecule has 5 rings (SSSR count). The minimum absolute atomic E-state index is 0.0438. The Morgan fingerprint density at radius 3 is 2.65 bits per heavy atom. The van der Waals surface area contributed by atoms with Gasteiger partial charge in [-0.3, -0.25) is 15.1 Å². The SMILES string of the molecule is COc1cc(/C=C2/C(=N)N3C(c4ccccc4)=CSC3=NC2=O)ccc1OC(=O)c1cccs1. The van der Waals surface area contributed by atoms with Crippen LogP contribution in [0.1, 0.15) is 20.8 Å². The number of ether oxygens (including phenoxy) is 2. The molecule has 0 atom stereocenters. The van der Waals surface area contributed by atoms with Crippen LogP contribution < -0.4 is 9.47 Å². The zero-order chi connectivity index (χ0) is 23.7. The normalized spacial score (nSPS) is 16.3. The maximum Gasteiger partial charge on any atom is 0.353 e. The number of esters is 1. The summed E-state index contributed by atoms with van der Waals surface area (Å²) in [6, 6.07) is 18.1. The van der Waals surface area contributed by atoms with E-state index < -0.39 is 11.9 Å². The van der Waals surface area contributed by atoms with Gasteiger partial charge >= 0.3 is 5.97 Å². The summed E-state index contributed by atoms with van der Waals surface area (Å²) in [6.45, 7) is 0. The third-order valence-electron chi connectivity index (χ3n) is 5.11. The van der Waals surface area contributed by atoms with Gasteiger partial charge in [-0.05, 0) is 40.8 Å². The van der Waals surface area contributed by atoms with Crippen LogP contribution in [-0.2, 0) is 4.79 Å².